The molecule has 0 atom stereocenters. The second-order valence-electron chi connectivity index (χ2n) is 4.48. The Morgan fingerprint density at radius 1 is 1.00 bits per heavy atom. The first-order valence-electron chi connectivity index (χ1n) is 6.97. The number of unbranched alkanes of at least 4 members (excludes halogenated alkanes) is 2. The SMILES string of the molecule is CCCCNc1ccc(NCCCC)c(OC)c1. The summed E-state index contributed by atoms with van der Waals surface area (Å²) in [6.45, 7) is 6.40. The lowest BCUT2D eigenvalue weighted by Crippen LogP contribution is -2.04. The second-order valence-corrected chi connectivity index (χ2v) is 4.48. The van der Waals surface area contributed by atoms with Gasteiger partial charge in [-0.05, 0) is 25.0 Å². The van der Waals surface area contributed by atoms with E-state index >= 15 is 0 Å². The van der Waals surface area contributed by atoms with E-state index in [2.05, 4.69) is 42.7 Å². The van der Waals surface area contributed by atoms with Gasteiger partial charge in [0.05, 0.1) is 12.8 Å². The lowest BCUT2D eigenvalue weighted by molar-refractivity contribution is 0.416. The normalized spacial score (nSPS) is 10.2. The highest BCUT2D eigenvalue weighted by Gasteiger charge is 2.03. The summed E-state index contributed by atoms with van der Waals surface area (Å²) >= 11 is 0. The van der Waals surface area contributed by atoms with Crippen LogP contribution in [0.3, 0.4) is 0 Å². The molecule has 0 spiro atoms. The largest absolute Gasteiger partial charge is 0.495 e. The van der Waals surface area contributed by atoms with E-state index in [1.54, 1.807) is 7.11 Å². The third-order valence-corrected chi connectivity index (χ3v) is 2.91. The molecule has 2 N–H and O–H groups in total. The van der Waals surface area contributed by atoms with Crippen LogP contribution in [0, 0.1) is 0 Å². The highest BCUT2D eigenvalue weighted by atomic mass is 16.5. The fraction of sp³-hybridized carbons (Fsp3) is 0.600. The van der Waals surface area contributed by atoms with Crippen molar-refractivity contribution in [3.63, 3.8) is 0 Å². The summed E-state index contributed by atoms with van der Waals surface area (Å²) < 4.78 is 5.42. The van der Waals surface area contributed by atoms with E-state index in [4.69, 9.17) is 4.74 Å². The molecule has 0 saturated heterocycles. The van der Waals surface area contributed by atoms with E-state index in [0.717, 1.165) is 30.2 Å². The average molecular weight is 250 g/mol. The Bertz CT molecular complexity index is 339. The van der Waals surface area contributed by atoms with Gasteiger partial charge in [0.1, 0.15) is 5.75 Å². The molecule has 0 aliphatic rings. The first-order chi connectivity index (χ1) is 8.81. The Kier molecular flexibility index (Phi) is 7.07. The molecule has 0 heterocycles. The standard InChI is InChI=1S/C15H26N2O/c1-4-6-10-16-13-8-9-14(15(12-13)18-3)17-11-7-5-2/h8-9,12,16-17H,4-7,10-11H2,1-3H3. The summed E-state index contributed by atoms with van der Waals surface area (Å²) in [5.74, 6) is 0.910. The molecule has 1 aromatic rings. The van der Waals surface area contributed by atoms with Gasteiger partial charge in [0.2, 0.25) is 0 Å². The maximum atomic E-state index is 5.42. The highest BCUT2D eigenvalue weighted by molar-refractivity contribution is 5.63. The number of benzene rings is 1. The third-order valence-electron chi connectivity index (χ3n) is 2.91. The first-order valence-corrected chi connectivity index (χ1v) is 6.97. The Labute approximate surface area is 111 Å². The zero-order chi connectivity index (χ0) is 13.2. The molecular formula is C15H26N2O. The molecule has 102 valence electrons. The zero-order valence-electron chi connectivity index (χ0n) is 11.9. The van der Waals surface area contributed by atoms with Gasteiger partial charge in [-0.25, -0.2) is 0 Å². The topological polar surface area (TPSA) is 33.3 Å². The summed E-state index contributed by atoms with van der Waals surface area (Å²) in [6, 6.07) is 6.25. The fourth-order valence-electron chi connectivity index (χ4n) is 1.76. The van der Waals surface area contributed by atoms with Gasteiger partial charge in [0.15, 0.2) is 0 Å². The molecule has 0 saturated carbocycles. The summed E-state index contributed by atoms with van der Waals surface area (Å²) in [6.07, 6.45) is 4.78. The molecule has 3 nitrogen and oxygen atoms in total. The van der Waals surface area contributed by atoms with Crippen LogP contribution in [-0.4, -0.2) is 20.2 Å². The quantitative estimate of drug-likeness (QED) is 0.647. The summed E-state index contributed by atoms with van der Waals surface area (Å²) in [5.41, 5.74) is 2.20. The summed E-state index contributed by atoms with van der Waals surface area (Å²) in [7, 11) is 1.72. The molecule has 0 fully saturated rings. The van der Waals surface area contributed by atoms with Crippen molar-refractivity contribution in [3.8, 4) is 5.75 Å². The molecule has 0 bridgehead atoms. The van der Waals surface area contributed by atoms with Crippen molar-refractivity contribution in [3.05, 3.63) is 18.2 Å². The minimum atomic E-state index is 0.910. The number of methoxy groups -OCH3 is 1. The van der Waals surface area contributed by atoms with Crippen LogP contribution < -0.4 is 15.4 Å². The molecule has 1 aromatic carbocycles. The second kappa shape index (κ2) is 8.67. The van der Waals surface area contributed by atoms with Crippen molar-refractivity contribution in [2.75, 3.05) is 30.8 Å². The molecule has 3 heteroatoms. The zero-order valence-corrected chi connectivity index (χ0v) is 11.9. The molecule has 18 heavy (non-hydrogen) atoms. The number of hydrogen-bond acceptors (Lipinski definition) is 3. The molecule has 0 aromatic heterocycles. The number of nitrogens with one attached hydrogen (secondary N) is 2. The molecule has 0 radical (unpaired) electrons. The van der Waals surface area contributed by atoms with Gasteiger partial charge in [0, 0.05) is 24.8 Å². The summed E-state index contributed by atoms with van der Waals surface area (Å²) in [4.78, 5) is 0. The number of rotatable bonds is 9. The molecule has 0 aliphatic heterocycles. The Morgan fingerprint density at radius 2 is 1.67 bits per heavy atom. The van der Waals surface area contributed by atoms with Gasteiger partial charge < -0.3 is 15.4 Å². The minimum Gasteiger partial charge on any atom is -0.495 e. The lowest BCUT2D eigenvalue weighted by Gasteiger charge is -2.13. The van der Waals surface area contributed by atoms with Crippen LogP contribution in [0.2, 0.25) is 0 Å². The van der Waals surface area contributed by atoms with Crippen LogP contribution in [0.1, 0.15) is 39.5 Å². The van der Waals surface area contributed by atoms with E-state index in [0.29, 0.717) is 0 Å². The monoisotopic (exact) mass is 250 g/mol. The minimum absolute atomic E-state index is 0.910. The van der Waals surface area contributed by atoms with Crippen LogP contribution in [0.5, 0.6) is 5.75 Å². The van der Waals surface area contributed by atoms with Crippen molar-refractivity contribution in [2.24, 2.45) is 0 Å². The average Bonchev–Trinajstić information content (AvgIpc) is 2.40. The van der Waals surface area contributed by atoms with Gasteiger partial charge in [-0.2, -0.15) is 0 Å². The van der Waals surface area contributed by atoms with Crippen molar-refractivity contribution < 1.29 is 4.74 Å². The predicted octanol–water partition coefficient (Wildman–Crippen LogP) is 4.12. The summed E-state index contributed by atoms with van der Waals surface area (Å²) in [5, 5.41) is 6.81. The number of ether oxygens (including phenoxy) is 1. The smallest absolute Gasteiger partial charge is 0.144 e. The van der Waals surface area contributed by atoms with E-state index < -0.39 is 0 Å². The predicted molar refractivity (Wildman–Crippen MR) is 79.8 cm³/mol. The molecule has 0 aliphatic carbocycles. The van der Waals surface area contributed by atoms with E-state index in [9.17, 15) is 0 Å². The van der Waals surface area contributed by atoms with Crippen LogP contribution in [0.15, 0.2) is 18.2 Å². The van der Waals surface area contributed by atoms with Crippen LogP contribution in [0.25, 0.3) is 0 Å². The lowest BCUT2D eigenvalue weighted by atomic mass is 10.2. The highest BCUT2D eigenvalue weighted by Crippen LogP contribution is 2.27. The molecule has 0 unspecified atom stereocenters. The molecule has 1 rings (SSSR count). The number of anilines is 2. The van der Waals surface area contributed by atoms with Gasteiger partial charge in [-0.15, -0.1) is 0 Å². The van der Waals surface area contributed by atoms with E-state index in [1.165, 1.54) is 25.7 Å². The van der Waals surface area contributed by atoms with Crippen molar-refractivity contribution in [1.82, 2.24) is 0 Å². The van der Waals surface area contributed by atoms with Gasteiger partial charge >= 0.3 is 0 Å². The maximum absolute atomic E-state index is 5.42. The molecule has 0 amide bonds. The first kappa shape index (κ1) is 14.7. The Balaban J connectivity index is 2.58. The van der Waals surface area contributed by atoms with E-state index in [-0.39, 0.29) is 0 Å². The van der Waals surface area contributed by atoms with Crippen LogP contribution in [0.4, 0.5) is 11.4 Å². The third kappa shape index (κ3) is 4.86. The van der Waals surface area contributed by atoms with Crippen molar-refractivity contribution in [1.29, 1.82) is 0 Å². The van der Waals surface area contributed by atoms with Crippen molar-refractivity contribution in [2.45, 2.75) is 39.5 Å². The van der Waals surface area contributed by atoms with Crippen LogP contribution >= 0.6 is 0 Å². The maximum Gasteiger partial charge on any atom is 0.144 e. The Morgan fingerprint density at radius 3 is 2.28 bits per heavy atom. The Hall–Kier alpha value is -1.38. The van der Waals surface area contributed by atoms with Crippen molar-refractivity contribution >= 4 is 11.4 Å². The van der Waals surface area contributed by atoms with E-state index in [1.807, 2.05) is 0 Å². The molecular weight excluding hydrogens is 224 g/mol. The van der Waals surface area contributed by atoms with Gasteiger partial charge in [-0.3, -0.25) is 0 Å². The van der Waals surface area contributed by atoms with Gasteiger partial charge in [-0.1, -0.05) is 26.7 Å². The van der Waals surface area contributed by atoms with Crippen LogP contribution in [-0.2, 0) is 0 Å². The van der Waals surface area contributed by atoms with Gasteiger partial charge in [0.25, 0.3) is 0 Å². The fourth-order valence-corrected chi connectivity index (χ4v) is 1.76. The number of hydrogen-bond donors (Lipinski definition) is 2.